The zero-order valence-electron chi connectivity index (χ0n) is 10.3. The summed E-state index contributed by atoms with van der Waals surface area (Å²) in [5, 5.41) is 3.34. The fraction of sp³-hybridized carbons (Fsp3) is 0.667. The molecular weight excluding hydrogens is 216 g/mol. The number of anilines is 1. The minimum Gasteiger partial charge on any atom is -0.481 e. The van der Waals surface area contributed by atoms with Crippen molar-refractivity contribution in [3.63, 3.8) is 0 Å². The third kappa shape index (κ3) is 2.85. The van der Waals surface area contributed by atoms with Crippen LogP contribution in [0.25, 0.3) is 0 Å². The van der Waals surface area contributed by atoms with Crippen molar-refractivity contribution in [2.24, 2.45) is 11.1 Å². The van der Waals surface area contributed by atoms with Gasteiger partial charge in [0.2, 0.25) is 5.88 Å². The van der Waals surface area contributed by atoms with Gasteiger partial charge in [-0.15, -0.1) is 0 Å². The quantitative estimate of drug-likeness (QED) is 0.808. The van der Waals surface area contributed by atoms with Gasteiger partial charge >= 0.3 is 0 Å². The number of hydrogen-bond acceptors (Lipinski definition) is 5. The van der Waals surface area contributed by atoms with Crippen LogP contribution >= 0.6 is 0 Å². The van der Waals surface area contributed by atoms with Crippen LogP contribution in [0.15, 0.2) is 12.4 Å². The molecule has 0 spiro atoms. The number of nitrogens with zero attached hydrogens (tertiary/aromatic N) is 2. The van der Waals surface area contributed by atoms with Crippen LogP contribution < -0.4 is 15.8 Å². The van der Waals surface area contributed by atoms with Crippen LogP contribution in [0.4, 0.5) is 5.82 Å². The Hall–Kier alpha value is -1.36. The summed E-state index contributed by atoms with van der Waals surface area (Å²) in [7, 11) is 1.60. The number of ether oxygens (including phenoxy) is 1. The molecule has 0 saturated heterocycles. The Labute approximate surface area is 102 Å². The molecule has 1 aromatic heterocycles. The molecular formula is C12H20N4O. The zero-order chi connectivity index (χ0) is 12.1. The molecule has 0 atom stereocenters. The average molecular weight is 236 g/mol. The standard InChI is InChI=1S/C12H20N4O/c1-17-11-6-10(15-9-16-11)14-8-12(7-13)4-2-3-5-12/h6,9H,2-5,7-8,13H2,1H3,(H,14,15,16). The first-order valence-electron chi connectivity index (χ1n) is 6.08. The van der Waals surface area contributed by atoms with Crippen LogP contribution in [0.1, 0.15) is 25.7 Å². The molecule has 1 aromatic rings. The first-order chi connectivity index (χ1) is 8.28. The van der Waals surface area contributed by atoms with Gasteiger partial charge in [0.15, 0.2) is 0 Å². The molecule has 0 amide bonds. The van der Waals surface area contributed by atoms with E-state index in [-0.39, 0.29) is 5.41 Å². The van der Waals surface area contributed by atoms with Crippen molar-refractivity contribution in [3.05, 3.63) is 12.4 Å². The highest BCUT2D eigenvalue weighted by atomic mass is 16.5. The summed E-state index contributed by atoms with van der Waals surface area (Å²) in [6.07, 6.45) is 6.49. The van der Waals surface area contributed by atoms with E-state index >= 15 is 0 Å². The Morgan fingerprint density at radius 3 is 2.82 bits per heavy atom. The molecule has 1 aliphatic rings. The second kappa shape index (κ2) is 5.31. The van der Waals surface area contributed by atoms with Gasteiger partial charge in [-0.05, 0) is 24.8 Å². The maximum Gasteiger partial charge on any atom is 0.218 e. The van der Waals surface area contributed by atoms with Crippen molar-refractivity contribution in [2.45, 2.75) is 25.7 Å². The topological polar surface area (TPSA) is 73.1 Å². The van der Waals surface area contributed by atoms with Crippen molar-refractivity contribution < 1.29 is 4.74 Å². The third-order valence-electron chi connectivity index (χ3n) is 3.59. The predicted octanol–water partition coefficient (Wildman–Crippen LogP) is 1.42. The SMILES string of the molecule is COc1cc(NCC2(CN)CCCC2)ncn1. The lowest BCUT2D eigenvalue weighted by Gasteiger charge is -2.27. The number of methoxy groups -OCH3 is 1. The molecule has 5 nitrogen and oxygen atoms in total. The largest absolute Gasteiger partial charge is 0.481 e. The van der Waals surface area contributed by atoms with Gasteiger partial charge < -0.3 is 15.8 Å². The molecule has 1 fully saturated rings. The summed E-state index contributed by atoms with van der Waals surface area (Å²) < 4.78 is 5.06. The van der Waals surface area contributed by atoms with Gasteiger partial charge in [0.05, 0.1) is 7.11 Å². The van der Waals surface area contributed by atoms with Gasteiger partial charge in [-0.3, -0.25) is 0 Å². The minimum absolute atomic E-state index is 0.248. The fourth-order valence-corrected chi connectivity index (χ4v) is 2.40. The second-order valence-electron chi connectivity index (χ2n) is 4.71. The molecule has 0 aromatic carbocycles. The van der Waals surface area contributed by atoms with Crippen LogP contribution in [-0.2, 0) is 0 Å². The van der Waals surface area contributed by atoms with E-state index in [9.17, 15) is 0 Å². The Balaban J connectivity index is 1.96. The summed E-state index contributed by atoms with van der Waals surface area (Å²) in [5.74, 6) is 1.38. The summed E-state index contributed by atoms with van der Waals surface area (Å²) in [4.78, 5) is 8.15. The van der Waals surface area contributed by atoms with E-state index in [4.69, 9.17) is 10.5 Å². The average Bonchev–Trinajstić information content (AvgIpc) is 2.86. The number of rotatable bonds is 5. The van der Waals surface area contributed by atoms with Crippen molar-refractivity contribution in [1.82, 2.24) is 9.97 Å². The van der Waals surface area contributed by atoms with Crippen LogP contribution in [0.2, 0.25) is 0 Å². The van der Waals surface area contributed by atoms with Gasteiger partial charge in [-0.1, -0.05) is 12.8 Å². The maximum atomic E-state index is 5.89. The number of nitrogens with two attached hydrogens (primary N) is 1. The normalized spacial score (nSPS) is 18.0. The van der Waals surface area contributed by atoms with Crippen molar-refractivity contribution in [1.29, 1.82) is 0 Å². The molecule has 1 heterocycles. The molecule has 0 bridgehead atoms. The van der Waals surface area contributed by atoms with Gasteiger partial charge in [0.1, 0.15) is 12.1 Å². The van der Waals surface area contributed by atoms with Gasteiger partial charge in [-0.2, -0.15) is 0 Å². The number of nitrogens with one attached hydrogen (secondary N) is 1. The molecule has 1 aliphatic carbocycles. The van der Waals surface area contributed by atoms with Crippen molar-refractivity contribution >= 4 is 5.82 Å². The Morgan fingerprint density at radius 1 is 1.41 bits per heavy atom. The highest BCUT2D eigenvalue weighted by Gasteiger charge is 2.32. The summed E-state index contributed by atoms with van der Waals surface area (Å²) in [5.41, 5.74) is 6.14. The summed E-state index contributed by atoms with van der Waals surface area (Å²) >= 11 is 0. The lowest BCUT2D eigenvalue weighted by molar-refractivity contribution is 0.331. The van der Waals surface area contributed by atoms with Gasteiger partial charge in [-0.25, -0.2) is 9.97 Å². The molecule has 3 N–H and O–H groups in total. The Morgan fingerprint density at radius 2 is 2.18 bits per heavy atom. The van der Waals surface area contributed by atoms with E-state index in [1.807, 2.05) is 0 Å². The van der Waals surface area contributed by atoms with Crippen molar-refractivity contribution in [3.8, 4) is 5.88 Å². The molecule has 94 valence electrons. The summed E-state index contributed by atoms with van der Waals surface area (Å²) in [6.45, 7) is 1.62. The fourth-order valence-electron chi connectivity index (χ4n) is 2.40. The number of aromatic nitrogens is 2. The van der Waals surface area contributed by atoms with E-state index in [0.29, 0.717) is 5.88 Å². The molecule has 0 radical (unpaired) electrons. The first-order valence-corrected chi connectivity index (χ1v) is 6.08. The first kappa shape index (κ1) is 12.1. The molecule has 0 unspecified atom stereocenters. The van der Waals surface area contributed by atoms with E-state index in [2.05, 4.69) is 15.3 Å². The highest BCUT2D eigenvalue weighted by molar-refractivity contribution is 5.37. The summed E-state index contributed by atoms with van der Waals surface area (Å²) in [6, 6.07) is 1.80. The molecule has 2 rings (SSSR count). The van der Waals surface area contributed by atoms with Crippen LogP contribution in [0, 0.1) is 5.41 Å². The van der Waals surface area contributed by atoms with E-state index in [0.717, 1.165) is 18.9 Å². The Bertz CT molecular complexity index is 363. The van der Waals surface area contributed by atoms with Gasteiger partial charge in [0, 0.05) is 12.6 Å². The molecule has 5 heteroatoms. The smallest absolute Gasteiger partial charge is 0.218 e. The van der Waals surface area contributed by atoms with E-state index in [1.165, 1.54) is 32.0 Å². The van der Waals surface area contributed by atoms with Crippen molar-refractivity contribution in [2.75, 3.05) is 25.5 Å². The van der Waals surface area contributed by atoms with Crippen LogP contribution in [0.3, 0.4) is 0 Å². The second-order valence-corrected chi connectivity index (χ2v) is 4.71. The number of hydrogen-bond donors (Lipinski definition) is 2. The molecule has 17 heavy (non-hydrogen) atoms. The highest BCUT2D eigenvalue weighted by Crippen LogP contribution is 2.37. The lowest BCUT2D eigenvalue weighted by Crippen LogP contribution is -2.34. The maximum absolute atomic E-state index is 5.89. The third-order valence-corrected chi connectivity index (χ3v) is 3.59. The lowest BCUT2D eigenvalue weighted by atomic mass is 9.86. The monoisotopic (exact) mass is 236 g/mol. The van der Waals surface area contributed by atoms with Gasteiger partial charge in [0.25, 0.3) is 0 Å². The molecule has 0 aliphatic heterocycles. The zero-order valence-corrected chi connectivity index (χ0v) is 10.3. The van der Waals surface area contributed by atoms with Crippen LogP contribution in [-0.4, -0.2) is 30.2 Å². The van der Waals surface area contributed by atoms with Crippen LogP contribution in [0.5, 0.6) is 5.88 Å². The molecule has 1 saturated carbocycles. The van der Waals surface area contributed by atoms with E-state index in [1.54, 1.807) is 13.2 Å². The Kier molecular flexibility index (Phi) is 3.78. The van der Waals surface area contributed by atoms with E-state index < -0.39 is 0 Å². The minimum atomic E-state index is 0.248. The predicted molar refractivity (Wildman–Crippen MR) is 67.0 cm³/mol.